The van der Waals surface area contributed by atoms with Crippen LogP contribution in [0.5, 0.6) is 0 Å². The van der Waals surface area contributed by atoms with Crippen LogP contribution in [0.4, 0.5) is 0 Å². The van der Waals surface area contributed by atoms with Gasteiger partial charge >= 0.3 is 5.97 Å². The third kappa shape index (κ3) is 5.63. The molecule has 0 aromatic carbocycles. The molecule has 5 heteroatoms. The normalized spacial score (nSPS) is 26.4. The Bertz CT molecular complexity index is 357. The summed E-state index contributed by atoms with van der Waals surface area (Å²) < 4.78 is 0. The molecule has 2 aliphatic carbocycles. The Morgan fingerprint density at radius 1 is 0.950 bits per heavy atom. The van der Waals surface area contributed by atoms with Gasteiger partial charge in [-0.05, 0) is 32.6 Å². The van der Waals surface area contributed by atoms with Crippen molar-refractivity contribution in [3.63, 3.8) is 0 Å². The molecule has 112 valence electrons. The molecule has 2 fully saturated rings. The Labute approximate surface area is 118 Å². The number of aliphatic carboxylic acids is 1. The minimum Gasteiger partial charge on any atom is -0.481 e. The van der Waals surface area contributed by atoms with Gasteiger partial charge in [-0.1, -0.05) is 0 Å². The molecule has 0 saturated heterocycles. The van der Waals surface area contributed by atoms with E-state index in [2.05, 4.69) is 0 Å². The molecule has 20 heavy (non-hydrogen) atoms. The van der Waals surface area contributed by atoms with Gasteiger partial charge in [0.1, 0.15) is 17.3 Å². The molecule has 0 bridgehead atoms. The van der Waals surface area contributed by atoms with Crippen molar-refractivity contribution in [2.45, 2.75) is 58.3 Å². The summed E-state index contributed by atoms with van der Waals surface area (Å²) in [5.41, 5.74) is 0. The molecule has 5 nitrogen and oxygen atoms in total. The molecule has 2 saturated carbocycles. The first-order valence-corrected chi connectivity index (χ1v) is 7.16. The number of carbonyl (C=O) groups is 4. The second-order valence-electron chi connectivity index (χ2n) is 5.61. The summed E-state index contributed by atoms with van der Waals surface area (Å²) in [5, 5.41) is 8.50. The van der Waals surface area contributed by atoms with E-state index in [1.807, 2.05) is 0 Å². The maximum Gasteiger partial charge on any atom is 0.306 e. The van der Waals surface area contributed by atoms with E-state index in [1.165, 1.54) is 0 Å². The van der Waals surface area contributed by atoms with Crippen LogP contribution in [0.25, 0.3) is 0 Å². The largest absolute Gasteiger partial charge is 0.481 e. The van der Waals surface area contributed by atoms with Crippen LogP contribution < -0.4 is 0 Å². The summed E-state index contributed by atoms with van der Waals surface area (Å²) >= 11 is 0. The van der Waals surface area contributed by atoms with E-state index in [4.69, 9.17) is 5.11 Å². The highest BCUT2D eigenvalue weighted by atomic mass is 16.4. The third-order valence-electron chi connectivity index (χ3n) is 3.89. The third-order valence-corrected chi connectivity index (χ3v) is 3.89. The fourth-order valence-electron chi connectivity index (χ4n) is 2.61. The number of hydrogen-bond acceptors (Lipinski definition) is 4. The lowest BCUT2D eigenvalue weighted by molar-refractivity contribution is -0.145. The summed E-state index contributed by atoms with van der Waals surface area (Å²) in [4.78, 5) is 42.7. The van der Waals surface area contributed by atoms with Gasteiger partial charge in [-0.3, -0.25) is 19.2 Å². The number of ketones is 3. The van der Waals surface area contributed by atoms with Crippen molar-refractivity contribution in [1.29, 1.82) is 0 Å². The summed E-state index contributed by atoms with van der Waals surface area (Å²) in [6, 6.07) is 0. The fraction of sp³-hybridized carbons (Fsp3) is 0.733. The van der Waals surface area contributed by atoms with Gasteiger partial charge in [0, 0.05) is 31.6 Å². The van der Waals surface area contributed by atoms with Crippen LogP contribution in [0.3, 0.4) is 0 Å². The van der Waals surface area contributed by atoms with Gasteiger partial charge in [-0.2, -0.15) is 0 Å². The fourth-order valence-corrected chi connectivity index (χ4v) is 2.61. The topological polar surface area (TPSA) is 88.5 Å². The van der Waals surface area contributed by atoms with Gasteiger partial charge in [-0.25, -0.2) is 0 Å². The van der Waals surface area contributed by atoms with Crippen LogP contribution >= 0.6 is 0 Å². The molecule has 0 aromatic rings. The number of hydrogen-bond donors (Lipinski definition) is 1. The average molecular weight is 282 g/mol. The lowest BCUT2D eigenvalue weighted by Crippen LogP contribution is -2.22. The highest BCUT2D eigenvalue weighted by molar-refractivity contribution is 5.87. The lowest BCUT2D eigenvalue weighted by Gasteiger charge is -2.17. The van der Waals surface area contributed by atoms with Gasteiger partial charge in [0.25, 0.3) is 0 Å². The van der Waals surface area contributed by atoms with Crippen LogP contribution in [0.1, 0.15) is 58.3 Å². The molecule has 2 atom stereocenters. The van der Waals surface area contributed by atoms with Crippen molar-refractivity contribution in [3.05, 3.63) is 0 Å². The van der Waals surface area contributed by atoms with Crippen molar-refractivity contribution < 1.29 is 24.3 Å². The molecular formula is C15H22O5. The summed E-state index contributed by atoms with van der Waals surface area (Å²) in [6.07, 6.45) is 5.24. The van der Waals surface area contributed by atoms with E-state index < -0.39 is 11.9 Å². The molecule has 0 aromatic heterocycles. The van der Waals surface area contributed by atoms with Gasteiger partial charge in [0.15, 0.2) is 0 Å². The van der Waals surface area contributed by atoms with Crippen molar-refractivity contribution >= 4 is 23.3 Å². The van der Waals surface area contributed by atoms with Gasteiger partial charge < -0.3 is 5.11 Å². The van der Waals surface area contributed by atoms with Gasteiger partial charge in [-0.15, -0.1) is 0 Å². The monoisotopic (exact) mass is 282 g/mol. The molecule has 0 aliphatic heterocycles. The Morgan fingerprint density at radius 3 is 1.70 bits per heavy atom. The number of carbonyl (C=O) groups excluding carboxylic acids is 3. The maximum atomic E-state index is 10.8. The van der Waals surface area contributed by atoms with E-state index in [1.54, 1.807) is 6.92 Å². The Morgan fingerprint density at radius 2 is 1.40 bits per heavy atom. The Kier molecular flexibility index (Phi) is 6.55. The number of Topliss-reactive ketones (excluding diaryl/α,β-unsaturated/α-hetero) is 3. The molecule has 0 radical (unpaired) electrons. The SMILES string of the molecule is CC(=O)[C@H]1CCCC(=O)C1.O=C1CCC[C@H](C(=O)O)C1. The highest BCUT2D eigenvalue weighted by Crippen LogP contribution is 2.21. The first-order valence-electron chi connectivity index (χ1n) is 7.16. The summed E-state index contributed by atoms with van der Waals surface area (Å²) in [5.74, 6) is -0.659. The minimum absolute atomic E-state index is 0.0428. The number of carboxylic acids is 1. The van der Waals surface area contributed by atoms with E-state index in [-0.39, 0.29) is 29.7 Å². The molecule has 0 heterocycles. The molecule has 2 aliphatic rings. The standard InChI is InChI=1S/C8H12O2.C7H10O3/c1-6(9)7-3-2-4-8(10)5-7;8-6-3-1-2-5(4-6)7(9)10/h7H,2-5H2,1H3;5H,1-4H2,(H,9,10)/t7-;5-/m00/s1. The van der Waals surface area contributed by atoms with E-state index in [9.17, 15) is 19.2 Å². The second kappa shape index (κ2) is 7.92. The maximum absolute atomic E-state index is 10.8. The second-order valence-corrected chi connectivity index (χ2v) is 5.61. The summed E-state index contributed by atoms with van der Waals surface area (Å²) in [6.45, 7) is 1.57. The van der Waals surface area contributed by atoms with Gasteiger partial charge in [0.05, 0.1) is 5.92 Å². The molecule has 1 N–H and O–H groups in total. The highest BCUT2D eigenvalue weighted by Gasteiger charge is 2.24. The predicted octanol–water partition coefficient (Wildman–Crippen LogP) is 2.17. The smallest absolute Gasteiger partial charge is 0.306 e. The zero-order chi connectivity index (χ0) is 15.1. The van der Waals surface area contributed by atoms with Crippen LogP contribution in [0, 0.1) is 11.8 Å². The molecular weight excluding hydrogens is 260 g/mol. The van der Waals surface area contributed by atoms with Crippen LogP contribution in [-0.2, 0) is 19.2 Å². The molecule has 2 rings (SSSR count). The molecule has 0 spiro atoms. The first kappa shape index (κ1) is 16.5. The summed E-state index contributed by atoms with van der Waals surface area (Å²) in [7, 11) is 0. The average Bonchev–Trinajstić information content (AvgIpc) is 2.39. The van der Waals surface area contributed by atoms with Crippen LogP contribution in [0.2, 0.25) is 0 Å². The van der Waals surface area contributed by atoms with Crippen LogP contribution in [-0.4, -0.2) is 28.4 Å². The first-order chi connectivity index (χ1) is 9.40. The number of carboxylic acid groups (broad SMARTS) is 1. The van der Waals surface area contributed by atoms with Crippen molar-refractivity contribution in [3.8, 4) is 0 Å². The van der Waals surface area contributed by atoms with E-state index in [0.29, 0.717) is 25.7 Å². The van der Waals surface area contributed by atoms with Crippen molar-refractivity contribution in [2.24, 2.45) is 11.8 Å². The molecule has 0 unspecified atom stereocenters. The van der Waals surface area contributed by atoms with E-state index >= 15 is 0 Å². The van der Waals surface area contributed by atoms with E-state index in [0.717, 1.165) is 19.3 Å². The predicted molar refractivity (Wildman–Crippen MR) is 72.2 cm³/mol. The Hall–Kier alpha value is -1.52. The Balaban J connectivity index is 0.000000200. The zero-order valence-corrected chi connectivity index (χ0v) is 11.9. The van der Waals surface area contributed by atoms with Crippen LogP contribution in [0.15, 0.2) is 0 Å². The zero-order valence-electron chi connectivity index (χ0n) is 11.9. The number of rotatable bonds is 2. The lowest BCUT2D eigenvalue weighted by atomic mass is 9.86. The van der Waals surface area contributed by atoms with Crippen molar-refractivity contribution in [2.75, 3.05) is 0 Å². The quantitative estimate of drug-likeness (QED) is 0.838. The molecule has 0 amide bonds. The minimum atomic E-state index is -0.826. The van der Waals surface area contributed by atoms with Gasteiger partial charge in [0.2, 0.25) is 0 Å². The van der Waals surface area contributed by atoms with Crippen molar-refractivity contribution in [1.82, 2.24) is 0 Å².